The van der Waals surface area contributed by atoms with Crippen molar-refractivity contribution in [2.75, 3.05) is 11.9 Å². The highest BCUT2D eigenvalue weighted by molar-refractivity contribution is 5.75. The van der Waals surface area contributed by atoms with Gasteiger partial charge in [-0.25, -0.2) is 4.39 Å². The van der Waals surface area contributed by atoms with E-state index in [-0.39, 0.29) is 5.82 Å². The minimum atomic E-state index is -0.282. The van der Waals surface area contributed by atoms with Gasteiger partial charge in [0.1, 0.15) is 5.82 Å². The van der Waals surface area contributed by atoms with Crippen LogP contribution in [0.15, 0.2) is 18.2 Å². The Kier molecular flexibility index (Phi) is 2.43. The number of rotatable bonds is 2. The van der Waals surface area contributed by atoms with Crippen LogP contribution in [0.4, 0.5) is 10.1 Å². The van der Waals surface area contributed by atoms with Gasteiger partial charge in [-0.2, -0.15) is 0 Å². The van der Waals surface area contributed by atoms with E-state index in [4.69, 9.17) is 0 Å². The Morgan fingerprint density at radius 2 is 2.17 bits per heavy atom. The van der Waals surface area contributed by atoms with E-state index in [2.05, 4.69) is 0 Å². The Bertz CT molecular complexity index is 299. The fraction of sp³-hybridized carbons (Fsp3) is 0.222. The average molecular weight is 167 g/mol. The summed E-state index contributed by atoms with van der Waals surface area (Å²) in [7, 11) is 1.63. The minimum Gasteiger partial charge on any atom is -0.318 e. The van der Waals surface area contributed by atoms with Gasteiger partial charge < -0.3 is 4.90 Å². The van der Waals surface area contributed by atoms with Crippen LogP contribution in [0.3, 0.4) is 0 Å². The fourth-order valence-electron chi connectivity index (χ4n) is 1.07. The second kappa shape index (κ2) is 3.34. The fourth-order valence-corrected chi connectivity index (χ4v) is 1.07. The average Bonchev–Trinajstić information content (AvgIpc) is 2.03. The molecule has 1 aromatic carbocycles. The first-order valence-electron chi connectivity index (χ1n) is 3.59. The SMILES string of the molecule is Cc1cc(F)ccc1N(C)C=O. The highest BCUT2D eigenvalue weighted by atomic mass is 19.1. The summed E-state index contributed by atoms with van der Waals surface area (Å²) in [5.74, 6) is -0.282. The molecule has 12 heavy (non-hydrogen) atoms. The van der Waals surface area contributed by atoms with Gasteiger partial charge in [0.05, 0.1) is 0 Å². The Balaban J connectivity index is 3.09. The molecule has 64 valence electrons. The van der Waals surface area contributed by atoms with Crippen molar-refractivity contribution in [2.45, 2.75) is 6.92 Å². The van der Waals surface area contributed by atoms with Crippen LogP contribution in [-0.2, 0) is 4.79 Å². The Morgan fingerprint density at radius 3 is 2.67 bits per heavy atom. The molecule has 0 spiro atoms. The predicted molar refractivity (Wildman–Crippen MR) is 45.6 cm³/mol. The van der Waals surface area contributed by atoms with Gasteiger partial charge in [-0.3, -0.25) is 4.79 Å². The standard InChI is InChI=1S/C9H10FNO/c1-7-5-8(10)3-4-9(7)11(2)6-12/h3-6H,1-2H3. The zero-order valence-electron chi connectivity index (χ0n) is 7.04. The van der Waals surface area contributed by atoms with Crippen molar-refractivity contribution in [3.8, 4) is 0 Å². The summed E-state index contributed by atoms with van der Waals surface area (Å²) in [5.41, 5.74) is 1.48. The molecular formula is C9H10FNO. The van der Waals surface area contributed by atoms with E-state index in [1.165, 1.54) is 17.0 Å². The molecule has 0 heterocycles. The van der Waals surface area contributed by atoms with E-state index >= 15 is 0 Å². The lowest BCUT2D eigenvalue weighted by molar-refractivity contribution is -0.107. The van der Waals surface area contributed by atoms with Gasteiger partial charge in [-0.05, 0) is 30.7 Å². The zero-order valence-corrected chi connectivity index (χ0v) is 7.04. The first-order chi connectivity index (χ1) is 5.65. The largest absolute Gasteiger partial charge is 0.318 e. The van der Waals surface area contributed by atoms with Gasteiger partial charge in [0.15, 0.2) is 0 Å². The maximum Gasteiger partial charge on any atom is 0.213 e. The summed E-state index contributed by atoms with van der Waals surface area (Å²) in [6.07, 6.45) is 0.695. The van der Waals surface area contributed by atoms with E-state index in [9.17, 15) is 9.18 Å². The molecule has 0 saturated carbocycles. The van der Waals surface area contributed by atoms with Crippen molar-refractivity contribution in [3.63, 3.8) is 0 Å². The molecule has 2 nitrogen and oxygen atoms in total. The highest BCUT2D eigenvalue weighted by Gasteiger charge is 2.02. The number of anilines is 1. The van der Waals surface area contributed by atoms with Gasteiger partial charge >= 0.3 is 0 Å². The highest BCUT2D eigenvalue weighted by Crippen LogP contribution is 2.17. The lowest BCUT2D eigenvalue weighted by Crippen LogP contribution is -2.14. The predicted octanol–water partition coefficient (Wildman–Crippen LogP) is 1.73. The third kappa shape index (κ3) is 1.61. The molecule has 1 rings (SSSR count). The van der Waals surface area contributed by atoms with Crippen molar-refractivity contribution in [1.82, 2.24) is 0 Å². The maximum atomic E-state index is 12.6. The summed E-state index contributed by atoms with van der Waals surface area (Å²) in [4.78, 5) is 11.8. The number of nitrogens with zero attached hydrogens (tertiary/aromatic N) is 1. The van der Waals surface area contributed by atoms with Crippen molar-refractivity contribution < 1.29 is 9.18 Å². The van der Waals surface area contributed by atoms with Crippen molar-refractivity contribution in [2.24, 2.45) is 0 Å². The van der Waals surface area contributed by atoms with Crippen LogP contribution in [0.25, 0.3) is 0 Å². The normalized spacial score (nSPS) is 9.58. The topological polar surface area (TPSA) is 20.3 Å². The number of amides is 1. The molecule has 0 N–H and O–H groups in total. The number of carbonyl (C=O) groups is 1. The minimum absolute atomic E-state index is 0.282. The van der Waals surface area contributed by atoms with Gasteiger partial charge in [0.25, 0.3) is 0 Å². The number of aryl methyl sites for hydroxylation is 1. The molecular weight excluding hydrogens is 157 g/mol. The molecule has 3 heteroatoms. The zero-order chi connectivity index (χ0) is 9.14. The third-order valence-corrected chi connectivity index (χ3v) is 1.70. The van der Waals surface area contributed by atoms with Crippen LogP contribution in [-0.4, -0.2) is 13.5 Å². The second-order valence-electron chi connectivity index (χ2n) is 2.65. The second-order valence-corrected chi connectivity index (χ2v) is 2.65. The van der Waals surface area contributed by atoms with Gasteiger partial charge in [0, 0.05) is 12.7 Å². The van der Waals surface area contributed by atoms with Gasteiger partial charge in [-0.1, -0.05) is 0 Å². The quantitative estimate of drug-likeness (QED) is 0.614. The van der Waals surface area contributed by atoms with Gasteiger partial charge in [-0.15, -0.1) is 0 Å². The van der Waals surface area contributed by atoms with E-state index in [1.807, 2.05) is 0 Å². The Morgan fingerprint density at radius 1 is 1.50 bits per heavy atom. The van der Waals surface area contributed by atoms with E-state index in [0.717, 1.165) is 11.3 Å². The molecule has 0 atom stereocenters. The monoisotopic (exact) mass is 167 g/mol. The summed E-state index contributed by atoms with van der Waals surface area (Å²) < 4.78 is 12.6. The summed E-state index contributed by atoms with van der Waals surface area (Å²) in [6.45, 7) is 1.76. The van der Waals surface area contributed by atoms with Crippen LogP contribution in [0.1, 0.15) is 5.56 Å². The molecule has 0 aliphatic rings. The molecule has 1 aromatic rings. The number of hydrogen-bond acceptors (Lipinski definition) is 1. The smallest absolute Gasteiger partial charge is 0.213 e. The van der Waals surface area contributed by atoms with E-state index in [1.54, 1.807) is 20.0 Å². The molecule has 0 fully saturated rings. The third-order valence-electron chi connectivity index (χ3n) is 1.70. The summed E-state index contributed by atoms with van der Waals surface area (Å²) in [6, 6.07) is 4.32. The molecule has 0 aliphatic heterocycles. The lowest BCUT2D eigenvalue weighted by Gasteiger charge is -2.13. The number of halogens is 1. The van der Waals surface area contributed by atoms with E-state index in [0.29, 0.717) is 6.41 Å². The van der Waals surface area contributed by atoms with Gasteiger partial charge in [0.2, 0.25) is 6.41 Å². The van der Waals surface area contributed by atoms with Crippen LogP contribution in [0.5, 0.6) is 0 Å². The molecule has 0 unspecified atom stereocenters. The van der Waals surface area contributed by atoms with E-state index < -0.39 is 0 Å². The van der Waals surface area contributed by atoms with Crippen LogP contribution < -0.4 is 4.90 Å². The number of hydrogen-bond donors (Lipinski definition) is 0. The van der Waals surface area contributed by atoms with Crippen LogP contribution >= 0.6 is 0 Å². The van der Waals surface area contributed by atoms with Crippen molar-refractivity contribution in [3.05, 3.63) is 29.6 Å². The van der Waals surface area contributed by atoms with Crippen molar-refractivity contribution >= 4 is 12.1 Å². The maximum absolute atomic E-state index is 12.6. The van der Waals surface area contributed by atoms with Crippen molar-refractivity contribution in [1.29, 1.82) is 0 Å². The molecule has 0 saturated heterocycles. The first kappa shape index (κ1) is 8.71. The van der Waals surface area contributed by atoms with Crippen LogP contribution in [0.2, 0.25) is 0 Å². The Hall–Kier alpha value is -1.38. The molecule has 1 amide bonds. The van der Waals surface area contributed by atoms with Crippen LogP contribution in [0, 0.1) is 12.7 Å². The molecule has 0 aliphatic carbocycles. The number of benzene rings is 1. The number of carbonyl (C=O) groups excluding carboxylic acids is 1. The summed E-state index contributed by atoms with van der Waals surface area (Å²) >= 11 is 0. The molecule has 0 aromatic heterocycles. The first-order valence-corrected chi connectivity index (χ1v) is 3.59. The lowest BCUT2D eigenvalue weighted by atomic mass is 10.2. The Labute approximate surface area is 70.6 Å². The molecule has 0 radical (unpaired) electrons. The molecule has 0 bridgehead atoms. The summed E-state index contributed by atoms with van der Waals surface area (Å²) in [5, 5.41) is 0.